The SMILES string of the molecule is COc1ccc(-[n+]2[nH]oc(=O)c2C2=Nc3ccccc3N3C2C3c2ccc(Br)cc2)cc1. The molecule has 7 nitrogen and oxygen atoms in total. The number of hydrogen-bond acceptors (Lipinski definition) is 5. The Balaban J connectivity index is 1.50. The van der Waals surface area contributed by atoms with Gasteiger partial charge in [-0.3, -0.25) is 4.52 Å². The van der Waals surface area contributed by atoms with Crippen LogP contribution in [0.5, 0.6) is 5.75 Å². The number of ether oxygens (including phenoxy) is 1. The molecule has 1 saturated heterocycles. The first kappa shape index (κ1) is 19.1. The zero-order chi connectivity index (χ0) is 21.8. The maximum atomic E-state index is 12.9. The number of aliphatic imine (C=N–C) groups is 1. The highest BCUT2D eigenvalue weighted by Gasteiger charge is 2.58. The largest absolute Gasteiger partial charge is 0.497 e. The molecule has 1 fully saturated rings. The van der Waals surface area contributed by atoms with E-state index in [1.54, 1.807) is 11.8 Å². The topological polar surface area (TPSA) is 74.5 Å². The lowest BCUT2D eigenvalue weighted by molar-refractivity contribution is -0.671. The van der Waals surface area contributed by atoms with E-state index < -0.39 is 5.63 Å². The Labute approximate surface area is 191 Å². The molecule has 0 saturated carbocycles. The molecule has 0 radical (unpaired) electrons. The number of fused-ring (bicyclic) bond motifs is 3. The quantitative estimate of drug-likeness (QED) is 0.346. The maximum Gasteiger partial charge on any atom is 0.437 e. The lowest BCUT2D eigenvalue weighted by Crippen LogP contribution is -2.43. The summed E-state index contributed by atoms with van der Waals surface area (Å²) in [5.74, 6) is 0.731. The molecule has 0 bridgehead atoms. The van der Waals surface area contributed by atoms with Crippen LogP contribution < -0.4 is 19.9 Å². The molecule has 3 aromatic carbocycles. The number of aromatic nitrogens is 2. The van der Waals surface area contributed by atoms with E-state index in [2.05, 4.69) is 44.3 Å². The number of aromatic amines is 1. The number of nitrogens with one attached hydrogen (secondary N) is 1. The maximum absolute atomic E-state index is 12.9. The van der Waals surface area contributed by atoms with Crippen molar-refractivity contribution in [3.05, 3.63) is 98.9 Å². The number of halogens is 1. The summed E-state index contributed by atoms with van der Waals surface area (Å²) in [7, 11) is 1.62. The summed E-state index contributed by atoms with van der Waals surface area (Å²) in [6, 6.07) is 23.7. The van der Waals surface area contributed by atoms with E-state index in [-0.39, 0.29) is 12.1 Å². The standard InChI is InChI=1S/C24H17BrN4O3/c1-31-17-12-10-16(11-13-17)29-23(24(30)32-27-29)20-22-21(14-6-8-15(25)9-7-14)28(22)19-5-3-2-4-18(19)26-20/h2-13,21-22H,1H3/p+1. The predicted octanol–water partition coefficient (Wildman–Crippen LogP) is 4.08. The van der Waals surface area contributed by atoms with Crippen molar-refractivity contribution in [3.8, 4) is 11.4 Å². The van der Waals surface area contributed by atoms with Crippen molar-refractivity contribution in [3.63, 3.8) is 0 Å². The van der Waals surface area contributed by atoms with Gasteiger partial charge < -0.3 is 9.64 Å². The highest BCUT2D eigenvalue weighted by atomic mass is 79.9. The van der Waals surface area contributed by atoms with Gasteiger partial charge in [0.25, 0.3) is 0 Å². The normalized spacial score (nSPS) is 18.6. The van der Waals surface area contributed by atoms with E-state index in [1.165, 1.54) is 5.56 Å². The molecular formula is C24H18BrN4O3+. The van der Waals surface area contributed by atoms with Crippen LogP contribution in [-0.4, -0.2) is 24.1 Å². The molecular weight excluding hydrogens is 472 g/mol. The third kappa shape index (κ3) is 2.90. The molecule has 0 aliphatic carbocycles. The minimum atomic E-state index is -0.458. The van der Waals surface area contributed by atoms with Crippen molar-refractivity contribution in [2.24, 2.45) is 4.99 Å². The molecule has 0 amide bonds. The molecule has 32 heavy (non-hydrogen) atoms. The molecule has 8 heteroatoms. The van der Waals surface area contributed by atoms with Crippen LogP contribution in [0, 0.1) is 0 Å². The minimum absolute atomic E-state index is 0.0609. The van der Waals surface area contributed by atoms with Gasteiger partial charge in [-0.2, -0.15) is 0 Å². The van der Waals surface area contributed by atoms with Crippen molar-refractivity contribution in [1.29, 1.82) is 0 Å². The number of H-pyrrole nitrogens is 1. The van der Waals surface area contributed by atoms with Crippen LogP contribution >= 0.6 is 15.9 Å². The van der Waals surface area contributed by atoms with Gasteiger partial charge in [0.15, 0.2) is 0 Å². The van der Waals surface area contributed by atoms with E-state index >= 15 is 0 Å². The Morgan fingerprint density at radius 2 is 1.78 bits per heavy atom. The van der Waals surface area contributed by atoms with Crippen LogP contribution in [0.1, 0.15) is 17.3 Å². The van der Waals surface area contributed by atoms with E-state index in [1.807, 2.05) is 54.6 Å². The van der Waals surface area contributed by atoms with Gasteiger partial charge in [-0.1, -0.05) is 40.2 Å². The molecule has 2 aliphatic rings. The molecule has 1 N–H and O–H groups in total. The first-order valence-electron chi connectivity index (χ1n) is 10.2. The Morgan fingerprint density at radius 1 is 1.03 bits per heavy atom. The summed E-state index contributed by atoms with van der Waals surface area (Å²) in [6.45, 7) is 0. The Morgan fingerprint density at radius 3 is 2.53 bits per heavy atom. The fourth-order valence-corrected chi connectivity index (χ4v) is 4.65. The van der Waals surface area contributed by atoms with Crippen LogP contribution in [0.4, 0.5) is 11.4 Å². The number of methoxy groups -OCH3 is 1. The van der Waals surface area contributed by atoms with E-state index in [4.69, 9.17) is 14.3 Å². The molecule has 2 aliphatic heterocycles. The third-order valence-corrected chi connectivity index (χ3v) is 6.45. The van der Waals surface area contributed by atoms with Crippen molar-refractivity contribution < 1.29 is 13.9 Å². The third-order valence-electron chi connectivity index (χ3n) is 5.92. The molecule has 0 spiro atoms. The number of para-hydroxylation sites is 2. The second-order valence-electron chi connectivity index (χ2n) is 7.70. The number of anilines is 1. The first-order valence-corrected chi connectivity index (χ1v) is 10.9. The summed E-state index contributed by atoms with van der Waals surface area (Å²) < 4.78 is 13.1. The molecule has 158 valence electrons. The van der Waals surface area contributed by atoms with E-state index in [9.17, 15) is 4.79 Å². The average molecular weight is 490 g/mol. The van der Waals surface area contributed by atoms with Gasteiger partial charge in [0.1, 0.15) is 17.5 Å². The van der Waals surface area contributed by atoms with Crippen LogP contribution in [-0.2, 0) is 0 Å². The highest BCUT2D eigenvalue weighted by molar-refractivity contribution is 9.10. The summed E-state index contributed by atoms with van der Waals surface area (Å²) in [5, 5.41) is 2.73. The second kappa shape index (κ2) is 7.20. The lowest BCUT2D eigenvalue weighted by Gasteiger charge is -2.14. The van der Waals surface area contributed by atoms with Gasteiger partial charge in [0.2, 0.25) is 5.69 Å². The lowest BCUT2D eigenvalue weighted by atomic mass is 10.1. The van der Waals surface area contributed by atoms with Crippen LogP contribution in [0.2, 0.25) is 0 Å². The van der Waals surface area contributed by atoms with Crippen molar-refractivity contribution in [2.45, 2.75) is 12.1 Å². The van der Waals surface area contributed by atoms with Gasteiger partial charge in [-0.15, -0.1) is 0 Å². The summed E-state index contributed by atoms with van der Waals surface area (Å²) in [5.41, 5.74) is 4.42. The van der Waals surface area contributed by atoms with Crippen molar-refractivity contribution in [2.75, 3.05) is 12.0 Å². The van der Waals surface area contributed by atoms with E-state index in [0.717, 1.165) is 27.3 Å². The first-order chi connectivity index (χ1) is 15.7. The Kier molecular flexibility index (Phi) is 4.29. The van der Waals surface area contributed by atoms with Crippen molar-refractivity contribution >= 4 is 33.0 Å². The number of hydrogen-bond donors (Lipinski definition) is 1. The smallest absolute Gasteiger partial charge is 0.437 e. The Hall–Kier alpha value is -3.65. The van der Waals surface area contributed by atoms with Gasteiger partial charge in [-0.25, -0.2) is 9.79 Å². The zero-order valence-corrected chi connectivity index (χ0v) is 18.6. The van der Waals surface area contributed by atoms with Crippen molar-refractivity contribution in [1.82, 2.24) is 5.27 Å². The van der Waals surface area contributed by atoms with E-state index in [0.29, 0.717) is 11.4 Å². The molecule has 2 unspecified atom stereocenters. The van der Waals surface area contributed by atoms with Gasteiger partial charge in [0.05, 0.1) is 24.5 Å². The van der Waals surface area contributed by atoms with Crippen LogP contribution in [0.15, 0.2) is 91.6 Å². The fourth-order valence-electron chi connectivity index (χ4n) is 4.39. The number of benzene rings is 3. The van der Waals surface area contributed by atoms with Crippen LogP contribution in [0.3, 0.4) is 0 Å². The summed E-state index contributed by atoms with van der Waals surface area (Å²) >= 11 is 3.51. The summed E-state index contributed by atoms with van der Waals surface area (Å²) in [6.07, 6.45) is 0. The van der Waals surface area contributed by atoms with Crippen LogP contribution in [0.25, 0.3) is 5.69 Å². The zero-order valence-electron chi connectivity index (χ0n) is 17.0. The monoisotopic (exact) mass is 489 g/mol. The van der Waals surface area contributed by atoms with Gasteiger partial charge in [0, 0.05) is 16.6 Å². The Bertz CT molecular complexity index is 1410. The molecule has 3 heterocycles. The second-order valence-corrected chi connectivity index (χ2v) is 8.61. The van der Waals surface area contributed by atoms with Gasteiger partial charge >= 0.3 is 11.3 Å². The average Bonchev–Trinajstić information content (AvgIpc) is 3.47. The molecule has 2 atom stereocenters. The number of nitrogens with zero attached hydrogens (tertiary/aromatic N) is 3. The molecule has 1 aromatic heterocycles. The number of rotatable bonds is 4. The highest BCUT2D eigenvalue weighted by Crippen LogP contribution is 2.54. The minimum Gasteiger partial charge on any atom is -0.497 e. The molecule has 4 aromatic rings. The molecule has 6 rings (SSSR count). The van der Waals surface area contributed by atoms with Gasteiger partial charge in [-0.05, 0) is 51.9 Å². The predicted molar refractivity (Wildman–Crippen MR) is 123 cm³/mol. The fraction of sp³-hybridized carbons (Fsp3) is 0.125. The summed E-state index contributed by atoms with van der Waals surface area (Å²) in [4.78, 5) is 20.1.